The summed E-state index contributed by atoms with van der Waals surface area (Å²) in [5, 5.41) is 9.13. The lowest BCUT2D eigenvalue weighted by atomic mass is 9.97. The first-order chi connectivity index (χ1) is 5.68. The van der Waals surface area contributed by atoms with Crippen LogP contribution in [-0.4, -0.2) is 24.9 Å². The summed E-state index contributed by atoms with van der Waals surface area (Å²) < 4.78 is 5.36. The third kappa shape index (κ3) is 1.09. The first-order valence-corrected chi connectivity index (χ1v) is 4.86. The molecule has 1 aliphatic carbocycles. The Morgan fingerprint density at radius 2 is 2.25 bits per heavy atom. The molecule has 2 nitrogen and oxygen atoms in total. The average molecular weight is 170 g/mol. The Morgan fingerprint density at radius 3 is 2.67 bits per heavy atom. The number of aliphatic hydroxyl groups is 1. The van der Waals surface area contributed by atoms with Gasteiger partial charge in [0.05, 0.1) is 0 Å². The summed E-state index contributed by atoms with van der Waals surface area (Å²) in [7, 11) is 0. The van der Waals surface area contributed by atoms with Crippen LogP contribution in [0.1, 0.15) is 20.3 Å². The maximum absolute atomic E-state index is 9.13. The topological polar surface area (TPSA) is 29.5 Å². The van der Waals surface area contributed by atoms with Crippen molar-refractivity contribution in [2.24, 2.45) is 23.2 Å². The van der Waals surface area contributed by atoms with Crippen molar-refractivity contribution < 1.29 is 9.84 Å². The minimum atomic E-state index is 0.355. The molecule has 2 fully saturated rings. The highest BCUT2D eigenvalue weighted by atomic mass is 16.5. The first-order valence-electron chi connectivity index (χ1n) is 4.86. The van der Waals surface area contributed by atoms with E-state index in [-0.39, 0.29) is 0 Å². The molecule has 1 saturated heterocycles. The van der Waals surface area contributed by atoms with Crippen LogP contribution in [0.2, 0.25) is 0 Å². The molecule has 2 aliphatic rings. The molecule has 1 saturated carbocycles. The molecule has 2 heteroatoms. The predicted molar refractivity (Wildman–Crippen MR) is 46.8 cm³/mol. The highest BCUT2D eigenvalue weighted by molar-refractivity contribution is 5.07. The normalized spacial score (nSPS) is 44.8. The summed E-state index contributed by atoms with van der Waals surface area (Å²) in [6.45, 7) is 6.72. The number of aliphatic hydroxyl groups excluding tert-OH is 1. The standard InChI is InChI=1S/C10H18O2/c1-10(2)8(5-11)9(10)7-3-4-12-6-7/h7-9,11H,3-6H2,1-2H3. The van der Waals surface area contributed by atoms with Crippen LogP contribution in [0, 0.1) is 23.2 Å². The van der Waals surface area contributed by atoms with E-state index in [0.717, 1.165) is 19.1 Å². The van der Waals surface area contributed by atoms with Gasteiger partial charge in [0, 0.05) is 19.8 Å². The Hall–Kier alpha value is -0.0800. The fourth-order valence-corrected chi connectivity index (χ4v) is 2.91. The summed E-state index contributed by atoms with van der Waals surface area (Å²) in [5.74, 6) is 1.96. The van der Waals surface area contributed by atoms with E-state index in [1.54, 1.807) is 0 Å². The number of rotatable bonds is 2. The molecule has 1 N–H and O–H groups in total. The number of hydrogen-bond donors (Lipinski definition) is 1. The van der Waals surface area contributed by atoms with Gasteiger partial charge in [0.2, 0.25) is 0 Å². The summed E-state index contributed by atoms with van der Waals surface area (Å²) in [5.41, 5.74) is 0.368. The van der Waals surface area contributed by atoms with E-state index in [1.807, 2.05) is 0 Å². The molecular formula is C10H18O2. The van der Waals surface area contributed by atoms with Crippen molar-refractivity contribution in [3.8, 4) is 0 Å². The predicted octanol–water partition coefficient (Wildman–Crippen LogP) is 1.29. The molecule has 0 aromatic rings. The highest BCUT2D eigenvalue weighted by Gasteiger charge is 2.60. The maximum atomic E-state index is 9.13. The second-order valence-electron chi connectivity index (χ2n) is 4.76. The van der Waals surface area contributed by atoms with Crippen LogP contribution in [0.4, 0.5) is 0 Å². The van der Waals surface area contributed by atoms with E-state index in [0.29, 0.717) is 23.9 Å². The minimum absolute atomic E-state index is 0.355. The molecule has 70 valence electrons. The van der Waals surface area contributed by atoms with Crippen molar-refractivity contribution in [1.82, 2.24) is 0 Å². The Morgan fingerprint density at radius 1 is 1.50 bits per heavy atom. The van der Waals surface area contributed by atoms with Crippen molar-refractivity contribution in [1.29, 1.82) is 0 Å². The van der Waals surface area contributed by atoms with Crippen LogP contribution in [-0.2, 0) is 4.74 Å². The highest BCUT2D eigenvalue weighted by Crippen LogP contribution is 2.62. The van der Waals surface area contributed by atoms with Gasteiger partial charge < -0.3 is 9.84 Å². The van der Waals surface area contributed by atoms with E-state index in [9.17, 15) is 0 Å². The molecule has 0 aromatic carbocycles. The average Bonchev–Trinajstić information content (AvgIpc) is 2.50. The fourth-order valence-electron chi connectivity index (χ4n) is 2.91. The van der Waals surface area contributed by atoms with Crippen LogP contribution in [0.15, 0.2) is 0 Å². The number of hydrogen-bond acceptors (Lipinski definition) is 2. The van der Waals surface area contributed by atoms with Gasteiger partial charge in [-0.25, -0.2) is 0 Å². The van der Waals surface area contributed by atoms with Gasteiger partial charge in [-0.2, -0.15) is 0 Å². The molecule has 3 unspecified atom stereocenters. The van der Waals surface area contributed by atoms with Crippen molar-refractivity contribution in [3.05, 3.63) is 0 Å². The van der Waals surface area contributed by atoms with Gasteiger partial charge in [0.25, 0.3) is 0 Å². The molecule has 0 amide bonds. The van der Waals surface area contributed by atoms with Gasteiger partial charge in [0.1, 0.15) is 0 Å². The van der Waals surface area contributed by atoms with E-state index in [2.05, 4.69) is 13.8 Å². The van der Waals surface area contributed by atoms with Gasteiger partial charge in [-0.05, 0) is 29.6 Å². The Kier molecular flexibility index (Phi) is 1.92. The van der Waals surface area contributed by atoms with Crippen LogP contribution >= 0.6 is 0 Å². The molecule has 0 bridgehead atoms. The molecular weight excluding hydrogens is 152 g/mol. The van der Waals surface area contributed by atoms with Gasteiger partial charge in [-0.15, -0.1) is 0 Å². The number of ether oxygens (including phenoxy) is 1. The van der Waals surface area contributed by atoms with Crippen molar-refractivity contribution in [2.75, 3.05) is 19.8 Å². The molecule has 1 aliphatic heterocycles. The van der Waals surface area contributed by atoms with Gasteiger partial charge >= 0.3 is 0 Å². The van der Waals surface area contributed by atoms with E-state index in [4.69, 9.17) is 9.84 Å². The van der Waals surface area contributed by atoms with Gasteiger partial charge in [-0.1, -0.05) is 13.8 Å². The fraction of sp³-hybridized carbons (Fsp3) is 1.00. The largest absolute Gasteiger partial charge is 0.396 e. The lowest BCUT2D eigenvalue weighted by molar-refractivity contribution is 0.177. The Labute approximate surface area is 73.9 Å². The minimum Gasteiger partial charge on any atom is -0.396 e. The van der Waals surface area contributed by atoms with E-state index in [1.165, 1.54) is 6.42 Å². The monoisotopic (exact) mass is 170 g/mol. The van der Waals surface area contributed by atoms with E-state index < -0.39 is 0 Å². The zero-order chi connectivity index (χ0) is 8.77. The van der Waals surface area contributed by atoms with E-state index >= 15 is 0 Å². The third-order valence-electron chi connectivity index (χ3n) is 3.81. The maximum Gasteiger partial charge on any atom is 0.0498 e. The molecule has 0 spiro atoms. The van der Waals surface area contributed by atoms with Crippen LogP contribution in [0.5, 0.6) is 0 Å². The quantitative estimate of drug-likeness (QED) is 0.676. The first kappa shape index (κ1) is 8.52. The Balaban J connectivity index is 1.97. The molecule has 12 heavy (non-hydrogen) atoms. The van der Waals surface area contributed by atoms with Crippen LogP contribution in [0.25, 0.3) is 0 Å². The molecule has 0 radical (unpaired) electrons. The second-order valence-corrected chi connectivity index (χ2v) is 4.76. The Bertz CT molecular complexity index is 171. The van der Waals surface area contributed by atoms with Crippen LogP contribution < -0.4 is 0 Å². The smallest absolute Gasteiger partial charge is 0.0498 e. The van der Waals surface area contributed by atoms with Crippen LogP contribution in [0.3, 0.4) is 0 Å². The van der Waals surface area contributed by atoms with Crippen molar-refractivity contribution in [3.63, 3.8) is 0 Å². The van der Waals surface area contributed by atoms with Crippen molar-refractivity contribution >= 4 is 0 Å². The summed E-state index contributed by atoms with van der Waals surface area (Å²) in [4.78, 5) is 0. The molecule has 1 heterocycles. The lowest BCUT2D eigenvalue weighted by Gasteiger charge is -2.07. The third-order valence-corrected chi connectivity index (χ3v) is 3.81. The molecule has 2 rings (SSSR count). The summed E-state index contributed by atoms with van der Waals surface area (Å²) in [6.07, 6.45) is 1.20. The second kappa shape index (κ2) is 2.71. The summed E-state index contributed by atoms with van der Waals surface area (Å²) in [6, 6.07) is 0. The zero-order valence-electron chi connectivity index (χ0n) is 7.92. The molecule has 0 aromatic heterocycles. The van der Waals surface area contributed by atoms with Gasteiger partial charge in [-0.3, -0.25) is 0 Å². The summed E-state index contributed by atoms with van der Waals surface area (Å²) >= 11 is 0. The molecule has 3 atom stereocenters. The lowest BCUT2D eigenvalue weighted by Crippen LogP contribution is -2.06. The van der Waals surface area contributed by atoms with Gasteiger partial charge in [0.15, 0.2) is 0 Å². The van der Waals surface area contributed by atoms with Crippen molar-refractivity contribution in [2.45, 2.75) is 20.3 Å². The SMILES string of the molecule is CC1(C)C(CO)C1C1CCOC1. The zero-order valence-corrected chi connectivity index (χ0v) is 7.92.